The van der Waals surface area contributed by atoms with Crippen molar-refractivity contribution in [2.24, 2.45) is 5.73 Å². The first-order valence-electron chi connectivity index (χ1n) is 11.6. The van der Waals surface area contributed by atoms with Crippen LogP contribution < -0.4 is 16.0 Å². The van der Waals surface area contributed by atoms with E-state index in [2.05, 4.69) is 20.2 Å². The van der Waals surface area contributed by atoms with Crippen LogP contribution in [0.5, 0.6) is 5.75 Å². The van der Waals surface area contributed by atoms with E-state index < -0.39 is 11.6 Å². The summed E-state index contributed by atoms with van der Waals surface area (Å²) in [6.07, 6.45) is 4.59. The van der Waals surface area contributed by atoms with E-state index in [1.165, 1.54) is 19.1 Å². The van der Waals surface area contributed by atoms with Crippen LogP contribution in [0.1, 0.15) is 18.9 Å². The maximum absolute atomic E-state index is 14.2. The van der Waals surface area contributed by atoms with E-state index in [1.807, 2.05) is 30.3 Å². The first-order chi connectivity index (χ1) is 17.3. The summed E-state index contributed by atoms with van der Waals surface area (Å²) in [4.78, 5) is 23.3. The highest BCUT2D eigenvalue weighted by Crippen LogP contribution is 2.36. The summed E-state index contributed by atoms with van der Waals surface area (Å²) in [5, 5.41) is 13.8. The van der Waals surface area contributed by atoms with Crippen LogP contribution in [0.2, 0.25) is 5.02 Å². The Labute approximate surface area is 212 Å². The van der Waals surface area contributed by atoms with Gasteiger partial charge >= 0.3 is 0 Å². The van der Waals surface area contributed by atoms with E-state index in [4.69, 9.17) is 17.3 Å². The number of phenols is 1. The van der Waals surface area contributed by atoms with E-state index in [-0.39, 0.29) is 23.3 Å². The average molecular weight is 506 g/mol. The molecule has 7 nitrogen and oxygen atoms in total. The van der Waals surface area contributed by atoms with Crippen molar-refractivity contribution in [1.82, 2.24) is 9.97 Å². The van der Waals surface area contributed by atoms with Crippen molar-refractivity contribution in [3.05, 3.63) is 71.3 Å². The van der Waals surface area contributed by atoms with Crippen molar-refractivity contribution in [3.8, 4) is 16.9 Å². The molecule has 0 aliphatic carbocycles. The molecule has 1 fully saturated rings. The summed E-state index contributed by atoms with van der Waals surface area (Å²) in [5.41, 5.74) is 10.1. The van der Waals surface area contributed by atoms with E-state index in [1.54, 1.807) is 12.4 Å². The van der Waals surface area contributed by atoms with Crippen LogP contribution in [-0.2, 0) is 11.2 Å². The van der Waals surface area contributed by atoms with Crippen LogP contribution in [0.25, 0.3) is 22.0 Å². The number of pyridine rings is 2. The molecule has 1 aliphatic rings. The summed E-state index contributed by atoms with van der Waals surface area (Å²) in [6, 6.07) is 12.3. The van der Waals surface area contributed by atoms with Gasteiger partial charge < -0.3 is 21.1 Å². The molecule has 0 bridgehead atoms. The minimum absolute atomic E-state index is 0.00147. The molecule has 0 amide bonds. The van der Waals surface area contributed by atoms with Gasteiger partial charge in [-0.25, -0.2) is 9.37 Å². The van der Waals surface area contributed by atoms with E-state index >= 15 is 0 Å². The molecule has 1 atom stereocenters. The Morgan fingerprint density at radius 3 is 2.69 bits per heavy atom. The Bertz CT molecular complexity index is 1440. The maximum Gasteiger partial charge on any atom is 0.170 e. The molecule has 3 heterocycles. The Morgan fingerprint density at radius 2 is 2.03 bits per heavy atom. The van der Waals surface area contributed by atoms with Crippen LogP contribution in [0.15, 0.2) is 54.9 Å². The monoisotopic (exact) mass is 505 g/mol. The van der Waals surface area contributed by atoms with Crippen LogP contribution in [0.4, 0.5) is 21.6 Å². The predicted molar refractivity (Wildman–Crippen MR) is 141 cm³/mol. The third-order valence-electron chi connectivity index (χ3n) is 6.30. The van der Waals surface area contributed by atoms with Gasteiger partial charge in [0, 0.05) is 42.7 Å². The van der Waals surface area contributed by atoms with Crippen LogP contribution in [-0.4, -0.2) is 40.0 Å². The predicted octanol–water partition coefficient (Wildman–Crippen LogP) is 5.21. The molecule has 1 saturated heterocycles. The first kappa shape index (κ1) is 24.0. The normalized spacial score (nSPS) is 15.4. The average Bonchev–Trinajstić information content (AvgIpc) is 3.29. The number of aromatic hydroxyl groups is 1. The highest BCUT2D eigenvalue weighted by Gasteiger charge is 2.20. The number of nitrogens with zero attached hydrogens (tertiary/aromatic N) is 3. The molecule has 4 aromatic rings. The van der Waals surface area contributed by atoms with Gasteiger partial charge in [-0.05, 0) is 60.9 Å². The van der Waals surface area contributed by atoms with Crippen LogP contribution >= 0.6 is 11.6 Å². The summed E-state index contributed by atoms with van der Waals surface area (Å²) < 4.78 is 14.2. The second-order valence-electron chi connectivity index (χ2n) is 9.08. The molecule has 9 heteroatoms. The van der Waals surface area contributed by atoms with Gasteiger partial charge in [-0.2, -0.15) is 0 Å². The number of hydrogen-bond acceptors (Lipinski definition) is 7. The minimum atomic E-state index is -0.801. The molecule has 4 N–H and O–H groups in total. The van der Waals surface area contributed by atoms with Gasteiger partial charge in [0.2, 0.25) is 0 Å². The zero-order valence-electron chi connectivity index (χ0n) is 19.6. The second kappa shape index (κ2) is 9.72. The lowest BCUT2D eigenvalue weighted by molar-refractivity contribution is -0.116. The molecule has 36 heavy (non-hydrogen) atoms. The molecule has 1 unspecified atom stereocenters. The smallest absolute Gasteiger partial charge is 0.170 e. The molecule has 0 radical (unpaired) electrons. The number of carbonyl (C=O) groups excluding carboxylic acids is 1. The fraction of sp³-hybridized carbons (Fsp3) is 0.222. The van der Waals surface area contributed by atoms with Gasteiger partial charge in [-0.1, -0.05) is 17.7 Å². The lowest BCUT2D eigenvalue weighted by Crippen LogP contribution is -2.26. The number of aromatic nitrogens is 2. The number of phenolic OH excluding ortho intramolecular Hbond substituents is 1. The van der Waals surface area contributed by atoms with Gasteiger partial charge in [0.05, 0.1) is 28.1 Å². The van der Waals surface area contributed by atoms with Crippen molar-refractivity contribution >= 4 is 45.5 Å². The molecule has 0 spiro atoms. The summed E-state index contributed by atoms with van der Waals surface area (Å²) in [6.45, 7) is 3.19. The topological polar surface area (TPSA) is 104 Å². The number of carbonyl (C=O) groups is 1. The number of anilines is 3. The third kappa shape index (κ3) is 4.82. The number of benzene rings is 2. The Kier molecular flexibility index (Phi) is 6.47. The van der Waals surface area contributed by atoms with Gasteiger partial charge in [0.15, 0.2) is 11.6 Å². The summed E-state index contributed by atoms with van der Waals surface area (Å²) >= 11 is 6.01. The van der Waals surface area contributed by atoms with Gasteiger partial charge in [-0.15, -0.1) is 0 Å². The standard InChI is InChI=1S/C27H25ClFN5O2/c1-15(35)8-18-12-31-24-4-2-16(17-10-22(28)27(36)23(29)11-17)9-21(24)26(18)33-20-3-5-25(32-13-20)34-7-6-19(30)14-34/h2-5,9-13,19,36H,6-8,14,30H2,1H3,(H,31,33). The van der Waals surface area contributed by atoms with Crippen molar-refractivity contribution in [2.45, 2.75) is 25.8 Å². The number of nitrogens with one attached hydrogen (secondary N) is 1. The SMILES string of the molecule is CC(=O)Cc1cnc2ccc(-c3cc(F)c(O)c(Cl)c3)cc2c1Nc1ccc(N2CCC(N)C2)nc1. The molecule has 1 aliphatic heterocycles. The van der Waals surface area contributed by atoms with Crippen molar-refractivity contribution in [1.29, 1.82) is 0 Å². The van der Waals surface area contributed by atoms with E-state index in [0.29, 0.717) is 16.6 Å². The van der Waals surface area contributed by atoms with Crippen LogP contribution in [0.3, 0.4) is 0 Å². The number of hydrogen-bond donors (Lipinski definition) is 3. The molecule has 184 valence electrons. The minimum Gasteiger partial charge on any atom is -0.504 e. The Morgan fingerprint density at radius 1 is 1.19 bits per heavy atom. The number of fused-ring (bicyclic) bond motifs is 1. The highest BCUT2D eigenvalue weighted by molar-refractivity contribution is 6.32. The molecular weight excluding hydrogens is 481 g/mol. The largest absolute Gasteiger partial charge is 0.504 e. The zero-order chi connectivity index (χ0) is 25.4. The molecule has 2 aromatic heterocycles. The molecule has 5 rings (SSSR count). The van der Waals surface area contributed by atoms with Crippen molar-refractivity contribution in [3.63, 3.8) is 0 Å². The van der Waals surface area contributed by atoms with E-state index in [9.17, 15) is 14.3 Å². The summed E-state index contributed by atoms with van der Waals surface area (Å²) in [7, 11) is 0. The number of nitrogens with two attached hydrogens (primary N) is 1. The Balaban J connectivity index is 1.56. The number of halogens is 2. The number of ketones is 1. The van der Waals surface area contributed by atoms with Crippen molar-refractivity contribution in [2.75, 3.05) is 23.3 Å². The fourth-order valence-corrected chi connectivity index (χ4v) is 4.69. The lowest BCUT2D eigenvalue weighted by Gasteiger charge is -2.18. The summed E-state index contributed by atoms with van der Waals surface area (Å²) in [5.74, 6) is -0.516. The van der Waals surface area contributed by atoms with E-state index in [0.717, 1.165) is 47.7 Å². The van der Waals surface area contributed by atoms with Gasteiger partial charge in [-0.3, -0.25) is 9.78 Å². The molecule has 0 saturated carbocycles. The number of rotatable bonds is 6. The quantitative estimate of drug-likeness (QED) is 0.330. The second-order valence-corrected chi connectivity index (χ2v) is 9.49. The number of Topliss-reactive ketones (excluding diaryl/α,β-unsaturated/α-hetero) is 1. The van der Waals surface area contributed by atoms with Gasteiger partial charge in [0.1, 0.15) is 11.6 Å². The first-order valence-corrected chi connectivity index (χ1v) is 12.0. The molecular formula is C27H25ClFN5O2. The zero-order valence-corrected chi connectivity index (χ0v) is 20.4. The van der Waals surface area contributed by atoms with Crippen molar-refractivity contribution < 1.29 is 14.3 Å². The third-order valence-corrected chi connectivity index (χ3v) is 6.59. The van der Waals surface area contributed by atoms with Crippen LogP contribution in [0, 0.1) is 5.82 Å². The lowest BCUT2D eigenvalue weighted by atomic mass is 9.99. The van der Waals surface area contributed by atoms with Gasteiger partial charge in [0.25, 0.3) is 0 Å². The molecule has 2 aromatic carbocycles. The maximum atomic E-state index is 14.2. The highest BCUT2D eigenvalue weighted by atomic mass is 35.5. The fourth-order valence-electron chi connectivity index (χ4n) is 4.48. The Hall–Kier alpha value is -3.75.